The van der Waals surface area contributed by atoms with E-state index < -0.39 is 28.5 Å². The molecular formula is C11H16F3N3O3S. The van der Waals surface area contributed by atoms with Crippen LogP contribution in [0.2, 0.25) is 0 Å². The molecule has 120 valence electrons. The summed E-state index contributed by atoms with van der Waals surface area (Å²) in [4.78, 5) is 11.6. The van der Waals surface area contributed by atoms with Crippen LogP contribution in [-0.4, -0.2) is 31.6 Å². The number of alkyl halides is 3. The van der Waals surface area contributed by atoms with Crippen LogP contribution in [0.4, 0.5) is 13.2 Å². The molecule has 0 spiro atoms. The summed E-state index contributed by atoms with van der Waals surface area (Å²) < 4.78 is 59.3. The minimum absolute atomic E-state index is 0.0647. The third-order valence-electron chi connectivity index (χ3n) is 2.71. The average Bonchev–Trinajstić information content (AvgIpc) is 2.69. The molecule has 0 saturated heterocycles. The fourth-order valence-electron chi connectivity index (χ4n) is 1.66. The molecule has 0 aromatic carbocycles. The van der Waals surface area contributed by atoms with Gasteiger partial charge in [0.05, 0.1) is 0 Å². The van der Waals surface area contributed by atoms with Gasteiger partial charge in [-0.15, -0.1) is 0 Å². The van der Waals surface area contributed by atoms with Crippen molar-refractivity contribution in [1.29, 1.82) is 0 Å². The summed E-state index contributed by atoms with van der Waals surface area (Å²) in [7, 11) is -2.44. The second-order valence-electron chi connectivity index (χ2n) is 4.55. The zero-order chi connectivity index (χ0) is 16.3. The van der Waals surface area contributed by atoms with Crippen molar-refractivity contribution in [2.45, 2.75) is 30.3 Å². The van der Waals surface area contributed by atoms with Crippen molar-refractivity contribution >= 4 is 15.9 Å². The Bertz CT molecular complexity index is 608. The standard InChI is InChI=1S/C11H16F3N3O3S/c1-17-7-8(21(15,19)20)6-9(17)10(18)16-5-3-2-4-11(12,13)14/h6-7H,2-5H2,1H3,(H,16,18)(H2,15,19,20). The molecule has 0 unspecified atom stereocenters. The van der Waals surface area contributed by atoms with Crippen molar-refractivity contribution in [3.8, 4) is 0 Å². The number of aromatic nitrogens is 1. The lowest BCUT2D eigenvalue weighted by atomic mass is 10.2. The highest BCUT2D eigenvalue weighted by atomic mass is 32.2. The normalized spacial score (nSPS) is 12.4. The lowest BCUT2D eigenvalue weighted by Gasteiger charge is -2.07. The first-order chi connectivity index (χ1) is 9.50. The van der Waals surface area contributed by atoms with Crippen LogP contribution in [0.5, 0.6) is 0 Å². The van der Waals surface area contributed by atoms with Crippen LogP contribution in [0, 0.1) is 0 Å². The number of halogens is 3. The number of nitrogens with one attached hydrogen (secondary N) is 1. The fourth-order valence-corrected chi connectivity index (χ4v) is 2.24. The second kappa shape index (κ2) is 6.48. The number of hydrogen-bond acceptors (Lipinski definition) is 3. The number of carbonyl (C=O) groups excluding carboxylic acids is 1. The molecule has 21 heavy (non-hydrogen) atoms. The molecular weight excluding hydrogens is 311 g/mol. The first-order valence-electron chi connectivity index (χ1n) is 6.05. The van der Waals surface area contributed by atoms with E-state index in [1.165, 1.54) is 17.8 Å². The first kappa shape index (κ1) is 17.5. The van der Waals surface area contributed by atoms with Gasteiger partial charge < -0.3 is 9.88 Å². The fraction of sp³-hybridized carbons (Fsp3) is 0.545. The Hall–Kier alpha value is -1.55. The van der Waals surface area contributed by atoms with E-state index in [0.29, 0.717) is 0 Å². The Morgan fingerprint density at radius 3 is 2.48 bits per heavy atom. The van der Waals surface area contributed by atoms with Crippen molar-refractivity contribution in [2.24, 2.45) is 12.2 Å². The Balaban J connectivity index is 2.52. The molecule has 1 heterocycles. The summed E-state index contributed by atoms with van der Waals surface area (Å²) in [5.41, 5.74) is 0.0647. The van der Waals surface area contributed by atoms with Gasteiger partial charge in [0.1, 0.15) is 10.6 Å². The topological polar surface area (TPSA) is 94.2 Å². The summed E-state index contributed by atoms with van der Waals surface area (Å²) in [6.07, 6.45) is -3.82. The Kier molecular flexibility index (Phi) is 5.40. The maximum absolute atomic E-state index is 11.9. The highest BCUT2D eigenvalue weighted by molar-refractivity contribution is 7.89. The van der Waals surface area contributed by atoms with E-state index >= 15 is 0 Å². The largest absolute Gasteiger partial charge is 0.389 e. The SMILES string of the molecule is Cn1cc(S(N)(=O)=O)cc1C(=O)NCCCCC(F)(F)F. The highest BCUT2D eigenvalue weighted by Gasteiger charge is 2.25. The monoisotopic (exact) mass is 327 g/mol. The predicted octanol–water partition coefficient (Wildman–Crippen LogP) is 1.13. The number of nitrogens with two attached hydrogens (primary N) is 1. The van der Waals surface area contributed by atoms with Crippen molar-refractivity contribution in [3.05, 3.63) is 18.0 Å². The van der Waals surface area contributed by atoms with E-state index in [1.807, 2.05) is 0 Å². The number of rotatable bonds is 6. The van der Waals surface area contributed by atoms with E-state index in [1.54, 1.807) is 0 Å². The van der Waals surface area contributed by atoms with Gasteiger partial charge in [-0.3, -0.25) is 4.79 Å². The first-order valence-corrected chi connectivity index (χ1v) is 7.59. The highest BCUT2D eigenvalue weighted by Crippen LogP contribution is 2.21. The van der Waals surface area contributed by atoms with Crippen molar-refractivity contribution < 1.29 is 26.4 Å². The molecule has 0 saturated carbocycles. The molecule has 0 bridgehead atoms. The van der Waals surface area contributed by atoms with Crippen LogP contribution in [0.3, 0.4) is 0 Å². The third-order valence-corrected chi connectivity index (χ3v) is 3.59. The quantitative estimate of drug-likeness (QED) is 0.767. The molecule has 1 amide bonds. The van der Waals surface area contributed by atoms with Crippen LogP contribution in [0.25, 0.3) is 0 Å². The van der Waals surface area contributed by atoms with Crippen LogP contribution in [-0.2, 0) is 17.1 Å². The Morgan fingerprint density at radius 1 is 1.38 bits per heavy atom. The maximum atomic E-state index is 11.9. The van der Waals surface area contributed by atoms with Crippen LogP contribution >= 0.6 is 0 Å². The van der Waals surface area contributed by atoms with E-state index in [0.717, 1.165) is 6.07 Å². The van der Waals surface area contributed by atoms with E-state index in [2.05, 4.69) is 5.32 Å². The van der Waals surface area contributed by atoms with Crippen molar-refractivity contribution in [2.75, 3.05) is 6.54 Å². The smallest absolute Gasteiger partial charge is 0.351 e. The van der Waals surface area contributed by atoms with Gasteiger partial charge in [0.2, 0.25) is 10.0 Å². The number of amides is 1. The van der Waals surface area contributed by atoms with Crippen LogP contribution < -0.4 is 10.5 Å². The minimum Gasteiger partial charge on any atom is -0.351 e. The lowest BCUT2D eigenvalue weighted by Crippen LogP contribution is -2.26. The molecule has 1 rings (SSSR count). The Morgan fingerprint density at radius 2 is 2.00 bits per heavy atom. The van der Waals surface area contributed by atoms with Crippen LogP contribution in [0.1, 0.15) is 29.8 Å². The molecule has 0 aliphatic heterocycles. The lowest BCUT2D eigenvalue weighted by molar-refractivity contribution is -0.135. The van der Waals surface area contributed by atoms with E-state index in [-0.39, 0.29) is 30.0 Å². The molecule has 1 aromatic heterocycles. The molecule has 6 nitrogen and oxygen atoms in total. The van der Waals surface area contributed by atoms with Gasteiger partial charge >= 0.3 is 6.18 Å². The zero-order valence-corrected chi connectivity index (χ0v) is 12.1. The number of carbonyl (C=O) groups is 1. The molecule has 0 aliphatic carbocycles. The van der Waals surface area contributed by atoms with Crippen LogP contribution in [0.15, 0.2) is 17.2 Å². The molecule has 0 fully saturated rings. The molecule has 0 atom stereocenters. The zero-order valence-electron chi connectivity index (χ0n) is 11.3. The second-order valence-corrected chi connectivity index (χ2v) is 6.11. The van der Waals surface area contributed by atoms with Gasteiger partial charge in [-0.25, -0.2) is 13.6 Å². The van der Waals surface area contributed by atoms with Gasteiger partial charge in [0.25, 0.3) is 5.91 Å². The molecule has 0 aliphatic rings. The van der Waals surface area contributed by atoms with E-state index in [9.17, 15) is 26.4 Å². The number of primary sulfonamides is 1. The molecule has 3 N–H and O–H groups in total. The third kappa shape index (κ3) is 5.76. The summed E-state index contributed by atoms with van der Waals surface area (Å²) in [6.45, 7) is 0.0742. The van der Waals surface area contributed by atoms with Gasteiger partial charge in [-0.2, -0.15) is 13.2 Å². The van der Waals surface area contributed by atoms with Gasteiger partial charge in [0.15, 0.2) is 0 Å². The summed E-state index contributed by atoms with van der Waals surface area (Å²) in [6, 6.07) is 1.11. The molecule has 10 heteroatoms. The molecule has 0 radical (unpaired) electrons. The predicted molar refractivity (Wildman–Crippen MR) is 69.0 cm³/mol. The summed E-state index contributed by atoms with van der Waals surface area (Å²) in [5, 5.41) is 7.37. The van der Waals surface area contributed by atoms with Gasteiger partial charge in [-0.1, -0.05) is 0 Å². The summed E-state index contributed by atoms with van der Waals surface area (Å²) >= 11 is 0. The van der Waals surface area contributed by atoms with Crippen molar-refractivity contribution in [3.63, 3.8) is 0 Å². The Labute approximate surface area is 120 Å². The van der Waals surface area contributed by atoms with Crippen molar-refractivity contribution in [1.82, 2.24) is 9.88 Å². The number of unbranched alkanes of at least 4 members (excludes halogenated alkanes) is 1. The summed E-state index contributed by atoms with van der Waals surface area (Å²) in [5.74, 6) is -0.570. The minimum atomic E-state index is -4.20. The number of sulfonamides is 1. The number of nitrogens with zero attached hydrogens (tertiary/aromatic N) is 1. The molecule has 1 aromatic rings. The van der Waals surface area contributed by atoms with E-state index in [4.69, 9.17) is 5.14 Å². The number of aryl methyl sites for hydroxylation is 1. The van der Waals surface area contributed by atoms with Gasteiger partial charge in [-0.05, 0) is 18.9 Å². The van der Waals surface area contributed by atoms with Gasteiger partial charge in [0, 0.05) is 26.2 Å². The number of hydrogen-bond donors (Lipinski definition) is 2. The average molecular weight is 327 g/mol. The maximum Gasteiger partial charge on any atom is 0.389 e.